The molecule has 1 atom stereocenters. The quantitative estimate of drug-likeness (QED) is 0.255. The summed E-state index contributed by atoms with van der Waals surface area (Å²) >= 11 is 0. The second-order valence-corrected chi connectivity index (χ2v) is 7.32. The van der Waals surface area contributed by atoms with E-state index in [4.69, 9.17) is 4.74 Å². The zero-order chi connectivity index (χ0) is 18.0. The van der Waals surface area contributed by atoms with E-state index in [1.54, 1.807) is 0 Å². The maximum atomic E-state index is 9.43. The summed E-state index contributed by atoms with van der Waals surface area (Å²) in [5.41, 5.74) is 0. The molecule has 0 aromatic rings. The van der Waals surface area contributed by atoms with Gasteiger partial charge in [-0.3, -0.25) is 4.99 Å². The van der Waals surface area contributed by atoms with Gasteiger partial charge in [0.05, 0.1) is 19.1 Å². The van der Waals surface area contributed by atoms with E-state index in [0.717, 1.165) is 18.9 Å². The van der Waals surface area contributed by atoms with Gasteiger partial charge in [0.25, 0.3) is 0 Å². The third-order valence-corrected chi connectivity index (χ3v) is 4.99. The summed E-state index contributed by atoms with van der Waals surface area (Å²) in [6.45, 7) is 3.90. The molecule has 146 valence electrons. The summed E-state index contributed by atoms with van der Waals surface area (Å²) < 4.78 is 5.46. The van der Waals surface area contributed by atoms with Gasteiger partial charge in [0.2, 0.25) is 0 Å². The van der Waals surface area contributed by atoms with E-state index < -0.39 is 0 Å². The molecule has 0 spiro atoms. The Hall–Kier alpha value is -0.830. The van der Waals surface area contributed by atoms with Crippen LogP contribution in [0.15, 0.2) is 17.1 Å². The molecule has 0 fully saturated rings. The smallest absolute Gasteiger partial charge is 0.188 e. The van der Waals surface area contributed by atoms with Gasteiger partial charge in [0, 0.05) is 0 Å². The molecule has 1 unspecified atom stereocenters. The third-order valence-electron chi connectivity index (χ3n) is 4.99. The number of rotatable bonds is 17. The molecular weight excluding hydrogens is 310 g/mol. The summed E-state index contributed by atoms with van der Waals surface area (Å²) in [4.78, 5) is 4.32. The van der Waals surface area contributed by atoms with Crippen LogP contribution < -0.4 is 0 Å². The largest absolute Gasteiger partial charge is 0.479 e. The first-order valence-electron chi connectivity index (χ1n) is 10.8. The molecule has 0 aromatic carbocycles. The van der Waals surface area contributed by atoms with E-state index in [1.807, 2.05) is 0 Å². The first-order valence-corrected chi connectivity index (χ1v) is 10.8. The molecule has 3 heteroatoms. The van der Waals surface area contributed by atoms with Crippen molar-refractivity contribution in [2.75, 3.05) is 19.8 Å². The monoisotopic (exact) mass is 351 g/mol. The summed E-state index contributed by atoms with van der Waals surface area (Å²) in [7, 11) is 0. The Labute approximate surface area is 156 Å². The Bertz CT molecular complexity index is 352. The standard InChI is InChI=1S/C22H41NO2/c1-2-3-4-5-6-7-8-9-10-11-12-13-14-15-16-17-21(20-24)22-23-18-19-25-22/h9-10,21,24H,2-8,11-20H2,1H3/b10-9-. The molecule has 1 heterocycles. The molecule has 0 radical (unpaired) electrons. The average Bonchev–Trinajstić information content (AvgIpc) is 3.16. The first kappa shape index (κ1) is 22.2. The Kier molecular flexibility index (Phi) is 14.8. The van der Waals surface area contributed by atoms with E-state index in [0.29, 0.717) is 6.61 Å². The fraction of sp³-hybridized carbons (Fsp3) is 0.864. The number of hydrogen-bond acceptors (Lipinski definition) is 3. The van der Waals surface area contributed by atoms with Crippen molar-refractivity contribution in [3.05, 3.63) is 12.2 Å². The second-order valence-electron chi connectivity index (χ2n) is 7.32. The highest BCUT2D eigenvalue weighted by molar-refractivity contribution is 5.79. The molecular formula is C22H41NO2. The first-order chi connectivity index (χ1) is 12.4. The van der Waals surface area contributed by atoms with Crippen molar-refractivity contribution in [2.24, 2.45) is 10.9 Å². The maximum Gasteiger partial charge on any atom is 0.188 e. The van der Waals surface area contributed by atoms with Crippen LogP contribution in [0.2, 0.25) is 0 Å². The molecule has 0 bridgehead atoms. The van der Waals surface area contributed by atoms with Crippen LogP contribution in [0.3, 0.4) is 0 Å². The molecule has 0 amide bonds. The summed E-state index contributed by atoms with van der Waals surface area (Å²) in [5.74, 6) is 0.922. The van der Waals surface area contributed by atoms with Gasteiger partial charge in [-0.15, -0.1) is 0 Å². The number of ether oxygens (including phenoxy) is 1. The predicted octanol–water partition coefficient (Wildman–Crippen LogP) is 6.06. The van der Waals surface area contributed by atoms with Crippen LogP contribution in [-0.4, -0.2) is 30.8 Å². The number of hydrogen-bond donors (Lipinski definition) is 1. The molecule has 3 nitrogen and oxygen atoms in total. The average molecular weight is 352 g/mol. The molecule has 1 rings (SSSR count). The predicted molar refractivity (Wildman–Crippen MR) is 108 cm³/mol. The van der Waals surface area contributed by atoms with Gasteiger partial charge in [0.15, 0.2) is 5.90 Å². The Balaban J connectivity index is 1.83. The minimum absolute atomic E-state index is 0.132. The van der Waals surface area contributed by atoms with Gasteiger partial charge in [-0.05, 0) is 32.1 Å². The number of allylic oxidation sites excluding steroid dienone is 2. The second kappa shape index (κ2) is 16.6. The van der Waals surface area contributed by atoms with E-state index in [2.05, 4.69) is 24.1 Å². The van der Waals surface area contributed by atoms with Crippen LogP contribution in [0.1, 0.15) is 96.8 Å². The summed E-state index contributed by atoms with van der Waals surface area (Å²) in [6, 6.07) is 0. The molecule has 0 aromatic heterocycles. The van der Waals surface area contributed by atoms with Gasteiger partial charge < -0.3 is 9.84 Å². The molecule has 1 aliphatic heterocycles. The van der Waals surface area contributed by atoms with Crippen molar-refractivity contribution in [1.29, 1.82) is 0 Å². The maximum absolute atomic E-state index is 9.43. The van der Waals surface area contributed by atoms with E-state index in [-0.39, 0.29) is 12.5 Å². The van der Waals surface area contributed by atoms with Gasteiger partial charge in [-0.25, -0.2) is 0 Å². The lowest BCUT2D eigenvalue weighted by molar-refractivity contribution is 0.225. The van der Waals surface area contributed by atoms with Crippen molar-refractivity contribution in [2.45, 2.75) is 96.8 Å². The lowest BCUT2D eigenvalue weighted by Gasteiger charge is -2.13. The Morgan fingerprint density at radius 2 is 1.52 bits per heavy atom. The molecule has 25 heavy (non-hydrogen) atoms. The number of aliphatic imine (C=N–C) groups is 1. The number of nitrogens with zero attached hydrogens (tertiary/aromatic N) is 1. The van der Waals surface area contributed by atoms with E-state index in [9.17, 15) is 5.11 Å². The van der Waals surface area contributed by atoms with Crippen LogP contribution in [0.5, 0.6) is 0 Å². The highest BCUT2D eigenvalue weighted by Gasteiger charge is 2.19. The number of unbranched alkanes of at least 4 members (excludes halogenated alkanes) is 11. The van der Waals surface area contributed by atoms with Gasteiger partial charge in [-0.2, -0.15) is 0 Å². The molecule has 0 aliphatic carbocycles. The van der Waals surface area contributed by atoms with Gasteiger partial charge in [0.1, 0.15) is 6.61 Å². The lowest BCUT2D eigenvalue weighted by Crippen LogP contribution is -2.18. The summed E-state index contributed by atoms with van der Waals surface area (Å²) in [5, 5.41) is 9.43. The number of aliphatic hydroxyl groups excluding tert-OH is 1. The topological polar surface area (TPSA) is 41.8 Å². The SMILES string of the molecule is CCCCCCCC/C=C\CCCCCCCC(CO)C1=NCCO1. The van der Waals surface area contributed by atoms with Crippen molar-refractivity contribution in [1.82, 2.24) is 0 Å². The van der Waals surface area contributed by atoms with E-state index >= 15 is 0 Å². The number of aliphatic hydroxyl groups is 1. The van der Waals surface area contributed by atoms with Crippen LogP contribution in [0, 0.1) is 5.92 Å². The van der Waals surface area contributed by atoms with E-state index in [1.165, 1.54) is 83.5 Å². The van der Waals surface area contributed by atoms with Crippen LogP contribution in [-0.2, 0) is 4.74 Å². The van der Waals surface area contributed by atoms with Crippen molar-refractivity contribution < 1.29 is 9.84 Å². The lowest BCUT2D eigenvalue weighted by atomic mass is 10.0. The highest BCUT2D eigenvalue weighted by Crippen LogP contribution is 2.16. The summed E-state index contributed by atoms with van der Waals surface area (Å²) in [6.07, 6.45) is 23.0. The van der Waals surface area contributed by atoms with Crippen LogP contribution in [0.25, 0.3) is 0 Å². The Morgan fingerprint density at radius 1 is 0.920 bits per heavy atom. The zero-order valence-corrected chi connectivity index (χ0v) is 16.6. The normalized spacial score (nSPS) is 15.5. The van der Waals surface area contributed by atoms with Crippen LogP contribution in [0.4, 0.5) is 0 Å². The molecule has 0 saturated carbocycles. The molecule has 1 N–H and O–H groups in total. The molecule has 1 aliphatic rings. The minimum atomic E-state index is 0.132. The van der Waals surface area contributed by atoms with Gasteiger partial charge >= 0.3 is 0 Å². The van der Waals surface area contributed by atoms with Crippen LogP contribution >= 0.6 is 0 Å². The third kappa shape index (κ3) is 12.2. The zero-order valence-electron chi connectivity index (χ0n) is 16.6. The van der Waals surface area contributed by atoms with Crippen molar-refractivity contribution in [3.63, 3.8) is 0 Å². The Morgan fingerprint density at radius 3 is 2.08 bits per heavy atom. The van der Waals surface area contributed by atoms with Crippen molar-refractivity contribution in [3.8, 4) is 0 Å². The fourth-order valence-corrected chi connectivity index (χ4v) is 3.35. The van der Waals surface area contributed by atoms with Gasteiger partial charge in [-0.1, -0.05) is 76.9 Å². The minimum Gasteiger partial charge on any atom is -0.479 e. The highest BCUT2D eigenvalue weighted by atomic mass is 16.5. The van der Waals surface area contributed by atoms with Crippen molar-refractivity contribution >= 4 is 5.90 Å². The molecule has 0 saturated heterocycles. The fourth-order valence-electron chi connectivity index (χ4n) is 3.35.